The predicted molar refractivity (Wildman–Crippen MR) is 63.5 cm³/mol. The summed E-state index contributed by atoms with van der Waals surface area (Å²) in [4.78, 5) is 4.46. The lowest BCUT2D eigenvalue weighted by atomic mass is 10.0. The average Bonchev–Trinajstić information content (AvgIpc) is 2.96. The number of ether oxygens (including phenoxy) is 1. The molecule has 0 amide bonds. The molecule has 1 fully saturated rings. The minimum Gasteiger partial charge on any atom is -0.367 e. The van der Waals surface area contributed by atoms with Crippen LogP contribution in [0.3, 0.4) is 0 Å². The van der Waals surface area contributed by atoms with E-state index in [-0.39, 0.29) is 5.60 Å². The Morgan fingerprint density at radius 2 is 2.12 bits per heavy atom. The van der Waals surface area contributed by atoms with Gasteiger partial charge in [0.25, 0.3) is 0 Å². The molecule has 0 saturated heterocycles. The normalized spacial score (nSPS) is 18.7. The van der Waals surface area contributed by atoms with Crippen LogP contribution in [0, 0.1) is 0 Å². The van der Waals surface area contributed by atoms with Gasteiger partial charge < -0.3 is 14.6 Å². The lowest BCUT2D eigenvalue weighted by molar-refractivity contribution is -0.0469. The number of hydrogen-bond acceptors (Lipinski definition) is 5. The van der Waals surface area contributed by atoms with Crippen LogP contribution in [-0.2, 0) is 16.9 Å². The summed E-state index contributed by atoms with van der Waals surface area (Å²) in [6.45, 7) is 6.28. The molecular formula is C12H21N3O2. The fourth-order valence-electron chi connectivity index (χ4n) is 2.40. The van der Waals surface area contributed by atoms with E-state index in [1.807, 2.05) is 6.92 Å². The van der Waals surface area contributed by atoms with Gasteiger partial charge in [-0.2, -0.15) is 4.98 Å². The third-order valence-corrected chi connectivity index (χ3v) is 3.23. The summed E-state index contributed by atoms with van der Waals surface area (Å²) in [5, 5.41) is 7.27. The summed E-state index contributed by atoms with van der Waals surface area (Å²) in [6.07, 6.45) is 4.36. The molecule has 1 aliphatic rings. The van der Waals surface area contributed by atoms with Crippen molar-refractivity contribution in [2.45, 2.75) is 51.7 Å². The second-order valence-corrected chi connectivity index (χ2v) is 4.43. The van der Waals surface area contributed by atoms with Crippen molar-refractivity contribution in [3.8, 4) is 0 Å². The van der Waals surface area contributed by atoms with E-state index in [9.17, 15) is 0 Å². The Kier molecular flexibility index (Phi) is 4.12. The number of hydrogen-bond donors (Lipinski definition) is 1. The Labute approximate surface area is 102 Å². The molecule has 0 aliphatic heterocycles. The first-order valence-electron chi connectivity index (χ1n) is 6.48. The highest BCUT2D eigenvalue weighted by atomic mass is 16.5. The highest BCUT2D eigenvalue weighted by Crippen LogP contribution is 2.40. The molecule has 0 unspecified atom stereocenters. The van der Waals surface area contributed by atoms with Gasteiger partial charge in [0.2, 0.25) is 11.7 Å². The van der Waals surface area contributed by atoms with Crippen molar-refractivity contribution in [3.63, 3.8) is 0 Å². The molecule has 0 aromatic carbocycles. The fraction of sp³-hybridized carbons (Fsp3) is 0.833. The van der Waals surface area contributed by atoms with Gasteiger partial charge in [0, 0.05) is 6.61 Å². The van der Waals surface area contributed by atoms with Gasteiger partial charge in [-0.15, -0.1) is 0 Å². The van der Waals surface area contributed by atoms with Gasteiger partial charge in [-0.25, -0.2) is 0 Å². The maximum atomic E-state index is 5.89. The summed E-state index contributed by atoms with van der Waals surface area (Å²) in [6, 6.07) is 0. The zero-order valence-electron chi connectivity index (χ0n) is 10.7. The molecule has 0 atom stereocenters. The second kappa shape index (κ2) is 5.60. The lowest BCUT2D eigenvalue weighted by Crippen LogP contribution is -2.27. The Bertz CT molecular complexity index is 345. The van der Waals surface area contributed by atoms with Gasteiger partial charge in [0.15, 0.2) is 0 Å². The van der Waals surface area contributed by atoms with E-state index in [1.165, 1.54) is 12.8 Å². The Morgan fingerprint density at radius 3 is 2.76 bits per heavy atom. The molecule has 1 aromatic heterocycles. The molecule has 1 aromatic rings. The van der Waals surface area contributed by atoms with Crippen LogP contribution in [-0.4, -0.2) is 23.3 Å². The molecule has 96 valence electrons. The predicted octanol–water partition coefficient (Wildman–Crippen LogP) is 1.98. The van der Waals surface area contributed by atoms with Crippen molar-refractivity contribution < 1.29 is 9.26 Å². The molecule has 1 heterocycles. The summed E-state index contributed by atoms with van der Waals surface area (Å²) in [5.74, 6) is 1.37. The molecular weight excluding hydrogens is 218 g/mol. The maximum Gasteiger partial charge on any atom is 0.240 e. The van der Waals surface area contributed by atoms with Crippen LogP contribution in [0.25, 0.3) is 0 Å². The van der Waals surface area contributed by atoms with Crippen LogP contribution in [0.2, 0.25) is 0 Å². The summed E-state index contributed by atoms with van der Waals surface area (Å²) in [5.41, 5.74) is -0.289. The van der Waals surface area contributed by atoms with E-state index in [1.54, 1.807) is 0 Å². The van der Waals surface area contributed by atoms with Crippen LogP contribution >= 0.6 is 0 Å². The Hall–Kier alpha value is -0.940. The summed E-state index contributed by atoms with van der Waals surface area (Å²) < 4.78 is 11.1. The zero-order valence-corrected chi connectivity index (χ0v) is 10.7. The molecule has 1 saturated carbocycles. The molecule has 1 N–H and O–H groups in total. The minimum atomic E-state index is -0.289. The van der Waals surface area contributed by atoms with Gasteiger partial charge in [-0.05, 0) is 39.2 Å². The van der Waals surface area contributed by atoms with Crippen LogP contribution in [0.15, 0.2) is 4.52 Å². The van der Waals surface area contributed by atoms with Gasteiger partial charge in [0.05, 0.1) is 6.54 Å². The first-order chi connectivity index (χ1) is 8.30. The van der Waals surface area contributed by atoms with Crippen LogP contribution in [0.4, 0.5) is 0 Å². The highest BCUT2D eigenvalue weighted by molar-refractivity contribution is 5.04. The van der Waals surface area contributed by atoms with Crippen LogP contribution in [0.1, 0.15) is 51.2 Å². The largest absolute Gasteiger partial charge is 0.367 e. The number of rotatable bonds is 6. The fourth-order valence-corrected chi connectivity index (χ4v) is 2.40. The van der Waals surface area contributed by atoms with Crippen molar-refractivity contribution in [1.82, 2.24) is 15.5 Å². The molecule has 5 heteroatoms. The zero-order chi connectivity index (χ0) is 12.1. The number of nitrogens with zero attached hydrogens (tertiary/aromatic N) is 2. The Morgan fingerprint density at radius 1 is 1.35 bits per heavy atom. The van der Waals surface area contributed by atoms with E-state index in [0.29, 0.717) is 19.0 Å². The summed E-state index contributed by atoms with van der Waals surface area (Å²) in [7, 11) is 0. The summed E-state index contributed by atoms with van der Waals surface area (Å²) >= 11 is 0. The van der Waals surface area contributed by atoms with Gasteiger partial charge in [-0.3, -0.25) is 0 Å². The lowest BCUT2D eigenvalue weighted by Gasteiger charge is -2.24. The average molecular weight is 239 g/mol. The third-order valence-electron chi connectivity index (χ3n) is 3.23. The van der Waals surface area contributed by atoms with E-state index in [4.69, 9.17) is 9.26 Å². The monoisotopic (exact) mass is 239 g/mol. The van der Waals surface area contributed by atoms with Crippen molar-refractivity contribution >= 4 is 0 Å². The van der Waals surface area contributed by atoms with Crippen molar-refractivity contribution in [2.75, 3.05) is 13.2 Å². The highest BCUT2D eigenvalue weighted by Gasteiger charge is 2.40. The van der Waals surface area contributed by atoms with Gasteiger partial charge >= 0.3 is 0 Å². The van der Waals surface area contributed by atoms with Crippen LogP contribution in [0.5, 0.6) is 0 Å². The topological polar surface area (TPSA) is 60.2 Å². The van der Waals surface area contributed by atoms with E-state index in [0.717, 1.165) is 25.2 Å². The van der Waals surface area contributed by atoms with E-state index >= 15 is 0 Å². The SMILES string of the molecule is CCNCc1nc(C2(OCC)CCCC2)no1. The van der Waals surface area contributed by atoms with Gasteiger partial charge in [0.1, 0.15) is 5.60 Å². The molecule has 0 spiro atoms. The van der Waals surface area contributed by atoms with Crippen LogP contribution < -0.4 is 5.32 Å². The molecule has 2 rings (SSSR count). The van der Waals surface area contributed by atoms with Gasteiger partial charge in [-0.1, -0.05) is 12.1 Å². The first kappa shape index (κ1) is 12.5. The standard InChI is InChI=1S/C12H21N3O2/c1-3-13-9-10-14-11(15-17-10)12(16-4-2)7-5-6-8-12/h13H,3-9H2,1-2H3. The molecule has 0 radical (unpaired) electrons. The second-order valence-electron chi connectivity index (χ2n) is 4.43. The molecule has 1 aliphatic carbocycles. The van der Waals surface area contributed by atoms with E-state index in [2.05, 4.69) is 22.4 Å². The Balaban J connectivity index is 2.10. The van der Waals surface area contributed by atoms with Crippen molar-refractivity contribution in [1.29, 1.82) is 0 Å². The molecule has 5 nitrogen and oxygen atoms in total. The maximum absolute atomic E-state index is 5.89. The van der Waals surface area contributed by atoms with Crippen molar-refractivity contribution in [2.24, 2.45) is 0 Å². The molecule has 17 heavy (non-hydrogen) atoms. The van der Waals surface area contributed by atoms with E-state index < -0.39 is 0 Å². The molecule has 0 bridgehead atoms. The minimum absolute atomic E-state index is 0.289. The third kappa shape index (κ3) is 2.66. The van der Waals surface area contributed by atoms with Crippen molar-refractivity contribution in [3.05, 3.63) is 11.7 Å². The first-order valence-corrected chi connectivity index (χ1v) is 6.48. The quantitative estimate of drug-likeness (QED) is 0.822. The number of nitrogens with one attached hydrogen (secondary N) is 1. The number of aromatic nitrogens is 2. The smallest absolute Gasteiger partial charge is 0.240 e.